The number of imidazole rings is 1. The molecule has 192 valence electrons. The molecular weight excluding hydrogens is 483 g/mol. The molecular formula is C28H26F3N3O3. The van der Waals surface area contributed by atoms with Gasteiger partial charge in [-0.3, -0.25) is 4.79 Å². The first-order chi connectivity index (χ1) is 17.8. The highest BCUT2D eigenvalue weighted by atomic mass is 19.4. The van der Waals surface area contributed by atoms with E-state index in [1.807, 2.05) is 19.1 Å². The zero-order valence-electron chi connectivity index (χ0n) is 20.2. The van der Waals surface area contributed by atoms with Crippen LogP contribution in [0.2, 0.25) is 0 Å². The molecule has 0 radical (unpaired) electrons. The van der Waals surface area contributed by atoms with Crippen molar-refractivity contribution in [3.05, 3.63) is 101 Å². The van der Waals surface area contributed by atoms with E-state index in [2.05, 4.69) is 16.0 Å². The number of ether oxygens (including phenoxy) is 1. The number of halogens is 3. The highest BCUT2D eigenvalue weighted by molar-refractivity contribution is 5.69. The molecule has 0 saturated heterocycles. The smallest absolute Gasteiger partial charge is 0.416 e. The van der Waals surface area contributed by atoms with Gasteiger partial charge in [-0.25, -0.2) is 9.97 Å². The van der Waals surface area contributed by atoms with Crippen LogP contribution in [-0.4, -0.2) is 27.4 Å². The molecule has 0 unspecified atom stereocenters. The van der Waals surface area contributed by atoms with E-state index in [1.165, 1.54) is 12.1 Å². The van der Waals surface area contributed by atoms with Crippen molar-refractivity contribution >= 4 is 18.4 Å². The molecule has 0 spiro atoms. The molecule has 0 N–H and O–H groups in total. The predicted octanol–water partition coefficient (Wildman–Crippen LogP) is 6.44. The molecule has 37 heavy (non-hydrogen) atoms. The van der Waals surface area contributed by atoms with Crippen molar-refractivity contribution < 1.29 is 27.1 Å². The lowest BCUT2D eigenvalue weighted by atomic mass is 10.1. The monoisotopic (exact) mass is 509 g/mol. The number of aromatic nitrogens is 3. The Bertz CT molecular complexity index is 1360. The van der Waals surface area contributed by atoms with Crippen molar-refractivity contribution in [3.8, 4) is 5.75 Å². The van der Waals surface area contributed by atoms with Gasteiger partial charge in [0.15, 0.2) is 12.1 Å². The van der Waals surface area contributed by atoms with Crippen LogP contribution < -0.4 is 4.74 Å². The Hall–Kier alpha value is -4.14. The molecule has 0 amide bonds. The molecule has 0 bridgehead atoms. The maximum absolute atomic E-state index is 12.7. The highest BCUT2D eigenvalue weighted by Gasteiger charge is 2.29. The van der Waals surface area contributed by atoms with Gasteiger partial charge in [-0.05, 0) is 67.2 Å². The van der Waals surface area contributed by atoms with Gasteiger partial charge >= 0.3 is 6.18 Å². The zero-order valence-corrected chi connectivity index (χ0v) is 20.2. The summed E-state index contributed by atoms with van der Waals surface area (Å²) in [5.41, 5.74) is 2.91. The highest BCUT2D eigenvalue weighted by Crippen LogP contribution is 2.29. The summed E-state index contributed by atoms with van der Waals surface area (Å²) >= 11 is 0. The van der Waals surface area contributed by atoms with Crippen LogP contribution in [0.25, 0.3) is 12.2 Å². The number of benzene rings is 2. The first-order valence-corrected chi connectivity index (χ1v) is 11.8. The molecule has 0 fully saturated rings. The number of alkyl halides is 3. The van der Waals surface area contributed by atoms with Gasteiger partial charge < -0.3 is 13.7 Å². The van der Waals surface area contributed by atoms with Crippen molar-refractivity contribution in [3.63, 3.8) is 0 Å². The molecule has 2 aromatic carbocycles. The summed E-state index contributed by atoms with van der Waals surface area (Å²) in [7, 11) is 0. The number of rotatable bonds is 11. The Morgan fingerprint density at radius 2 is 1.89 bits per heavy atom. The van der Waals surface area contributed by atoms with Gasteiger partial charge in [0.05, 0.1) is 17.9 Å². The number of nitrogens with zero attached hydrogens (tertiary/aromatic N) is 3. The number of aldehydes is 1. The van der Waals surface area contributed by atoms with Crippen LogP contribution in [0.1, 0.15) is 50.9 Å². The molecule has 9 heteroatoms. The zero-order chi connectivity index (χ0) is 26.3. The van der Waals surface area contributed by atoms with Gasteiger partial charge in [-0.15, -0.1) is 0 Å². The van der Waals surface area contributed by atoms with E-state index in [0.717, 1.165) is 53.8 Å². The fraction of sp³-hybridized carbons (Fsp3) is 0.250. The third-order valence-corrected chi connectivity index (χ3v) is 5.79. The minimum absolute atomic E-state index is 0.394. The van der Waals surface area contributed by atoms with Gasteiger partial charge in [-0.2, -0.15) is 13.2 Å². The Morgan fingerprint density at radius 1 is 1.08 bits per heavy atom. The van der Waals surface area contributed by atoms with Crippen molar-refractivity contribution in [2.45, 2.75) is 38.9 Å². The summed E-state index contributed by atoms with van der Waals surface area (Å²) in [6, 6.07) is 11.0. The van der Waals surface area contributed by atoms with Crippen LogP contribution >= 0.6 is 0 Å². The molecule has 0 saturated carbocycles. The number of oxazole rings is 1. The van der Waals surface area contributed by atoms with Gasteiger partial charge in [0, 0.05) is 25.0 Å². The second-order valence-corrected chi connectivity index (χ2v) is 8.53. The maximum atomic E-state index is 12.7. The van der Waals surface area contributed by atoms with Crippen LogP contribution in [0.3, 0.4) is 0 Å². The summed E-state index contributed by atoms with van der Waals surface area (Å²) in [5.74, 6) is 1.63. The summed E-state index contributed by atoms with van der Waals surface area (Å²) < 4.78 is 51.2. The molecule has 4 rings (SSSR count). The lowest BCUT2D eigenvalue weighted by Crippen LogP contribution is -2.07. The quantitative estimate of drug-likeness (QED) is 0.172. The number of hydrogen-bond donors (Lipinski definition) is 0. The summed E-state index contributed by atoms with van der Waals surface area (Å²) in [4.78, 5) is 19.3. The fourth-order valence-electron chi connectivity index (χ4n) is 3.81. The van der Waals surface area contributed by atoms with Crippen molar-refractivity contribution in [2.24, 2.45) is 0 Å². The Kier molecular flexibility index (Phi) is 8.22. The Labute approximate surface area is 212 Å². The fourth-order valence-corrected chi connectivity index (χ4v) is 3.81. The van der Waals surface area contributed by atoms with Gasteiger partial charge in [0.25, 0.3) is 0 Å². The maximum Gasteiger partial charge on any atom is 0.416 e. The molecule has 0 aliphatic carbocycles. The van der Waals surface area contributed by atoms with E-state index in [9.17, 15) is 18.0 Å². The van der Waals surface area contributed by atoms with Crippen molar-refractivity contribution in [2.75, 3.05) is 6.61 Å². The normalized spacial score (nSPS) is 11.8. The standard InChI is InChI=1S/C28H26F3N3O3/c1-20-17-22(6-11-25(20)36-16-2-14-34-15-13-32-26(34)18-35)5-10-24-19-37-27(33-24)12-7-21-3-8-23(9-4-21)28(29,30)31/h3-4,6-9,11-13,15,17-19H,2,5,10,14,16H2,1H3/b12-7+. The summed E-state index contributed by atoms with van der Waals surface area (Å²) in [6.07, 6.45) is 6.85. The molecule has 0 atom stereocenters. The molecule has 2 heterocycles. The van der Waals surface area contributed by atoms with Crippen LogP contribution in [0.15, 0.2) is 65.5 Å². The van der Waals surface area contributed by atoms with Crippen LogP contribution in [0, 0.1) is 6.92 Å². The third kappa shape index (κ3) is 7.19. The van der Waals surface area contributed by atoms with Crippen molar-refractivity contribution in [1.29, 1.82) is 0 Å². The molecule has 0 aliphatic rings. The van der Waals surface area contributed by atoms with E-state index in [0.29, 0.717) is 36.9 Å². The lowest BCUT2D eigenvalue weighted by molar-refractivity contribution is -0.137. The average molecular weight is 510 g/mol. The topological polar surface area (TPSA) is 70.2 Å². The van der Waals surface area contributed by atoms with Gasteiger partial charge in [0.1, 0.15) is 12.0 Å². The Balaban J connectivity index is 1.24. The van der Waals surface area contributed by atoms with Gasteiger partial charge in [0.2, 0.25) is 5.89 Å². The summed E-state index contributed by atoms with van der Waals surface area (Å²) in [5, 5.41) is 0. The number of hydrogen-bond acceptors (Lipinski definition) is 5. The van der Waals surface area contributed by atoms with Crippen LogP contribution in [0.5, 0.6) is 5.75 Å². The average Bonchev–Trinajstić information content (AvgIpc) is 3.54. The first-order valence-electron chi connectivity index (χ1n) is 11.8. The SMILES string of the molecule is Cc1cc(CCc2coc(/C=C/c3ccc(C(F)(F)F)cc3)n2)ccc1OCCCn1ccnc1C=O. The van der Waals surface area contributed by atoms with Crippen LogP contribution in [-0.2, 0) is 25.6 Å². The largest absolute Gasteiger partial charge is 0.493 e. The van der Waals surface area contributed by atoms with Crippen molar-refractivity contribution in [1.82, 2.24) is 14.5 Å². The number of carbonyl (C=O) groups is 1. The van der Waals surface area contributed by atoms with E-state index in [4.69, 9.17) is 9.15 Å². The van der Waals surface area contributed by atoms with E-state index in [1.54, 1.807) is 35.4 Å². The van der Waals surface area contributed by atoms with E-state index < -0.39 is 11.7 Å². The first kappa shape index (κ1) is 25.9. The predicted molar refractivity (Wildman–Crippen MR) is 133 cm³/mol. The number of carbonyl (C=O) groups excluding carboxylic acids is 1. The van der Waals surface area contributed by atoms with E-state index in [-0.39, 0.29) is 0 Å². The van der Waals surface area contributed by atoms with E-state index >= 15 is 0 Å². The summed E-state index contributed by atoms with van der Waals surface area (Å²) in [6.45, 7) is 3.18. The molecule has 0 aliphatic heterocycles. The lowest BCUT2D eigenvalue weighted by Gasteiger charge is -2.11. The molecule has 6 nitrogen and oxygen atoms in total. The van der Waals surface area contributed by atoms with Crippen LogP contribution in [0.4, 0.5) is 13.2 Å². The second kappa shape index (κ2) is 11.7. The minimum atomic E-state index is -4.35. The molecule has 2 aromatic heterocycles. The minimum Gasteiger partial charge on any atom is -0.493 e. The second-order valence-electron chi connectivity index (χ2n) is 8.53. The number of aryl methyl sites for hydroxylation is 4. The Morgan fingerprint density at radius 3 is 2.62 bits per heavy atom. The molecule has 4 aromatic rings. The third-order valence-electron chi connectivity index (χ3n) is 5.79. The van der Waals surface area contributed by atoms with Gasteiger partial charge in [-0.1, -0.05) is 24.3 Å².